The van der Waals surface area contributed by atoms with Gasteiger partial charge in [0.25, 0.3) is 0 Å². The zero-order valence-corrected chi connectivity index (χ0v) is 12.2. The standard InChI is InChI=1S/C14H15ClN4O2/c1-21-12-7-11(15)17-14(18-12)19-13(20)10(8-16)9-5-3-2-4-6-9/h2-7,10H,8,16H2,1H3,(H,17,18,19,20). The van der Waals surface area contributed by atoms with Crippen LogP contribution in [0.3, 0.4) is 0 Å². The van der Waals surface area contributed by atoms with Gasteiger partial charge in [0, 0.05) is 12.6 Å². The minimum Gasteiger partial charge on any atom is -0.481 e. The predicted octanol–water partition coefficient (Wildman–Crippen LogP) is 1.82. The number of nitrogens with zero attached hydrogens (tertiary/aromatic N) is 2. The highest BCUT2D eigenvalue weighted by molar-refractivity contribution is 6.29. The number of amides is 1. The summed E-state index contributed by atoms with van der Waals surface area (Å²) in [6.07, 6.45) is 0. The van der Waals surface area contributed by atoms with Gasteiger partial charge in [-0.05, 0) is 5.56 Å². The maximum atomic E-state index is 12.3. The fourth-order valence-corrected chi connectivity index (χ4v) is 2.01. The Balaban J connectivity index is 2.18. The Bertz CT molecular complexity index is 622. The SMILES string of the molecule is COc1cc(Cl)nc(NC(=O)C(CN)c2ccccc2)n1. The molecule has 0 fully saturated rings. The van der Waals surface area contributed by atoms with Crippen LogP contribution in [0.5, 0.6) is 5.88 Å². The van der Waals surface area contributed by atoms with Crippen LogP contribution in [0.1, 0.15) is 11.5 Å². The third-order valence-electron chi connectivity index (χ3n) is 2.87. The lowest BCUT2D eigenvalue weighted by molar-refractivity contribution is -0.117. The van der Waals surface area contributed by atoms with Crippen molar-refractivity contribution in [3.05, 3.63) is 47.1 Å². The average Bonchev–Trinajstić information content (AvgIpc) is 2.48. The van der Waals surface area contributed by atoms with Crippen LogP contribution >= 0.6 is 11.6 Å². The van der Waals surface area contributed by atoms with E-state index in [9.17, 15) is 4.79 Å². The number of carbonyl (C=O) groups excluding carboxylic acids is 1. The minimum absolute atomic E-state index is 0.0822. The molecule has 2 aromatic rings. The third kappa shape index (κ3) is 3.90. The normalized spacial score (nSPS) is 11.8. The van der Waals surface area contributed by atoms with Crippen molar-refractivity contribution in [3.8, 4) is 5.88 Å². The van der Waals surface area contributed by atoms with Crippen molar-refractivity contribution in [1.29, 1.82) is 0 Å². The summed E-state index contributed by atoms with van der Waals surface area (Å²) in [5.41, 5.74) is 6.52. The maximum Gasteiger partial charge on any atom is 0.235 e. The number of aromatic nitrogens is 2. The zero-order valence-electron chi connectivity index (χ0n) is 11.4. The summed E-state index contributed by atoms with van der Waals surface area (Å²) in [6.45, 7) is 0.174. The Morgan fingerprint density at radius 1 is 1.38 bits per heavy atom. The number of ether oxygens (including phenoxy) is 1. The summed E-state index contributed by atoms with van der Waals surface area (Å²) in [5, 5.41) is 2.78. The molecule has 1 aromatic heterocycles. The molecule has 1 unspecified atom stereocenters. The first kappa shape index (κ1) is 15.2. The molecule has 7 heteroatoms. The van der Waals surface area contributed by atoms with Crippen molar-refractivity contribution in [2.24, 2.45) is 5.73 Å². The number of rotatable bonds is 5. The second-order valence-electron chi connectivity index (χ2n) is 4.24. The Labute approximate surface area is 127 Å². The van der Waals surface area contributed by atoms with E-state index in [1.54, 1.807) is 0 Å². The molecule has 110 valence electrons. The van der Waals surface area contributed by atoms with Crippen LogP contribution in [-0.4, -0.2) is 29.5 Å². The molecule has 0 spiro atoms. The Morgan fingerprint density at radius 3 is 2.71 bits per heavy atom. The molecule has 0 bridgehead atoms. The first-order chi connectivity index (χ1) is 10.1. The van der Waals surface area contributed by atoms with Gasteiger partial charge in [0.15, 0.2) is 0 Å². The quantitative estimate of drug-likeness (QED) is 0.822. The molecule has 21 heavy (non-hydrogen) atoms. The van der Waals surface area contributed by atoms with Crippen molar-refractivity contribution in [2.75, 3.05) is 19.0 Å². The fourth-order valence-electron chi connectivity index (χ4n) is 1.83. The Hall–Kier alpha value is -2.18. The minimum atomic E-state index is -0.486. The summed E-state index contributed by atoms with van der Waals surface area (Å²) < 4.78 is 4.98. The predicted molar refractivity (Wildman–Crippen MR) is 80.5 cm³/mol. The van der Waals surface area contributed by atoms with Crippen LogP contribution in [0.2, 0.25) is 5.15 Å². The molecule has 0 aliphatic rings. The second kappa shape index (κ2) is 7.01. The van der Waals surface area contributed by atoms with Crippen LogP contribution < -0.4 is 15.8 Å². The summed E-state index contributed by atoms with van der Waals surface area (Å²) >= 11 is 5.84. The summed E-state index contributed by atoms with van der Waals surface area (Å²) in [4.78, 5) is 20.2. The first-order valence-electron chi connectivity index (χ1n) is 6.28. The molecular formula is C14H15ClN4O2. The highest BCUT2D eigenvalue weighted by atomic mass is 35.5. The van der Waals surface area contributed by atoms with Gasteiger partial charge in [0.1, 0.15) is 5.15 Å². The number of nitrogens with one attached hydrogen (secondary N) is 1. The summed E-state index contributed by atoms with van der Waals surface area (Å²) in [5.74, 6) is -0.430. The molecule has 1 heterocycles. The van der Waals surface area contributed by atoms with E-state index in [2.05, 4.69) is 15.3 Å². The highest BCUT2D eigenvalue weighted by Crippen LogP contribution is 2.19. The average molecular weight is 307 g/mol. The van der Waals surface area contributed by atoms with E-state index in [1.165, 1.54) is 13.2 Å². The number of carbonyl (C=O) groups is 1. The Kier molecular flexibility index (Phi) is 5.08. The van der Waals surface area contributed by atoms with Gasteiger partial charge >= 0.3 is 0 Å². The first-order valence-corrected chi connectivity index (χ1v) is 6.66. The van der Waals surface area contributed by atoms with Crippen LogP contribution in [-0.2, 0) is 4.79 Å². The second-order valence-corrected chi connectivity index (χ2v) is 4.63. The van der Waals surface area contributed by atoms with E-state index < -0.39 is 5.92 Å². The van der Waals surface area contributed by atoms with Crippen molar-refractivity contribution in [1.82, 2.24) is 9.97 Å². The lowest BCUT2D eigenvalue weighted by Gasteiger charge is -2.14. The number of hydrogen-bond donors (Lipinski definition) is 2. The van der Waals surface area contributed by atoms with Gasteiger partial charge < -0.3 is 10.5 Å². The van der Waals surface area contributed by atoms with Gasteiger partial charge in [-0.25, -0.2) is 4.98 Å². The third-order valence-corrected chi connectivity index (χ3v) is 3.06. The van der Waals surface area contributed by atoms with Crippen LogP contribution in [0.25, 0.3) is 0 Å². The Morgan fingerprint density at radius 2 is 2.10 bits per heavy atom. The smallest absolute Gasteiger partial charge is 0.235 e. The van der Waals surface area contributed by atoms with Gasteiger partial charge in [0.05, 0.1) is 13.0 Å². The molecular weight excluding hydrogens is 292 g/mol. The molecule has 0 saturated heterocycles. The van der Waals surface area contributed by atoms with Gasteiger partial charge in [0.2, 0.25) is 17.7 Å². The van der Waals surface area contributed by atoms with E-state index in [4.69, 9.17) is 22.1 Å². The van der Waals surface area contributed by atoms with Crippen LogP contribution in [0.15, 0.2) is 36.4 Å². The van der Waals surface area contributed by atoms with Gasteiger partial charge in [-0.1, -0.05) is 41.9 Å². The number of anilines is 1. The van der Waals surface area contributed by atoms with E-state index in [-0.39, 0.29) is 29.4 Å². The monoisotopic (exact) mass is 306 g/mol. The van der Waals surface area contributed by atoms with Gasteiger partial charge in [-0.3, -0.25) is 10.1 Å². The lowest BCUT2D eigenvalue weighted by Crippen LogP contribution is -2.28. The fraction of sp³-hybridized carbons (Fsp3) is 0.214. The molecule has 0 saturated carbocycles. The molecule has 3 N–H and O–H groups in total. The molecule has 0 radical (unpaired) electrons. The molecule has 1 amide bonds. The molecule has 0 aliphatic carbocycles. The maximum absolute atomic E-state index is 12.3. The summed E-state index contributed by atoms with van der Waals surface area (Å²) in [6, 6.07) is 10.7. The molecule has 1 atom stereocenters. The van der Waals surface area contributed by atoms with E-state index in [1.807, 2.05) is 30.3 Å². The number of halogens is 1. The highest BCUT2D eigenvalue weighted by Gasteiger charge is 2.20. The molecule has 1 aromatic carbocycles. The number of methoxy groups -OCH3 is 1. The van der Waals surface area contributed by atoms with Crippen molar-refractivity contribution in [3.63, 3.8) is 0 Å². The number of nitrogens with two attached hydrogens (primary N) is 1. The summed E-state index contributed by atoms with van der Waals surface area (Å²) in [7, 11) is 1.46. The number of benzene rings is 1. The lowest BCUT2D eigenvalue weighted by atomic mass is 9.98. The van der Waals surface area contributed by atoms with Crippen molar-refractivity contribution in [2.45, 2.75) is 5.92 Å². The van der Waals surface area contributed by atoms with E-state index >= 15 is 0 Å². The molecule has 0 aliphatic heterocycles. The van der Waals surface area contributed by atoms with Crippen LogP contribution in [0.4, 0.5) is 5.95 Å². The number of hydrogen-bond acceptors (Lipinski definition) is 5. The largest absolute Gasteiger partial charge is 0.481 e. The van der Waals surface area contributed by atoms with E-state index in [0.29, 0.717) is 0 Å². The van der Waals surface area contributed by atoms with Gasteiger partial charge in [-0.2, -0.15) is 4.98 Å². The topological polar surface area (TPSA) is 90.1 Å². The van der Waals surface area contributed by atoms with E-state index in [0.717, 1.165) is 5.56 Å². The van der Waals surface area contributed by atoms with Gasteiger partial charge in [-0.15, -0.1) is 0 Å². The van der Waals surface area contributed by atoms with Crippen molar-refractivity contribution >= 4 is 23.5 Å². The van der Waals surface area contributed by atoms with Crippen LogP contribution in [0, 0.1) is 0 Å². The zero-order chi connectivity index (χ0) is 15.2. The van der Waals surface area contributed by atoms with Crippen molar-refractivity contribution < 1.29 is 9.53 Å². The molecule has 6 nitrogen and oxygen atoms in total. The molecule has 2 rings (SSSR count).